The third-order valence-electron chi connectivity index (χ3n) is 5.45. The van der Waals surface area contributed by atoms with Crippen molar-refractivity contribution in [3.8, 4) is 0 Å². The number of likely N-dealkylation sites (tertiary alicyclic amines) is 1. The molecule has 0 aliphatic carbocycles. The van der Waals surface area contributed by atoms with Gasteiger partial charge in [0, 0.05) is 37.9 Å². The topological polar surface area (TPSA) is 59.7 Å². The summed E-state index contributed by atoms with van der Waals surface area (Å²) in [7, 11) is 0. The summed E-state index contributed by atoms with van der Waals surface area (Å²) in [6, 6.07) is 6.14. The standard InChI is InChI=1S/C22H26N4O2S2/c1-17(20-3-2-13-30-20)24-28-15-21(27)25-10-5-19(6-11-25)22-23-8-12-26(22)9-4-18-7-14-29-16-18/h2-3,7-8,12-14,16,19H,4-6,9-11,15H2,1H3. The summed E-state index contributed by atoms with van der Waals surface area (Å²) in [5, 5.41) is 10.4. The molecule has 6 nitrogen and oxygen atoms in total. The number of carbonyl (C=O) groups is 1. The van der Waals surface area contributed by atoms with Gasteiger partial charge in [0.05, 0.1) is 10.6 Å². The van der Waals surface area contributed by atoms with Crippen molar-refractivity contribution < 1.29 is 9.63 Å². The molecule has 8 heteroatoms. The molecular weight excluding hydrogens is 416 g/mol. The van der Waals surface area contributed by atoms with Crippen LogP contribution in [0.2, 0.25) is 0 Å². The van der Waals surface area contributed by atoms with Crippen molar-refractivity contribution in [3.63, 3.8) is 0 Å². The molecule has 0 bridgehead atoms. The molecule has 1 aliphatic heterocycles. The number of aryl methyl sites for hydroxylation is 2. The Morgan fingerprint density at radius 3 is 2.90 bits per heavy atom. The predicted octanol–water partition coefficient (Wildman–Crippen LogP) is 4.40. The van der Waals surface area contributed by atoms with Gasteiger partial charge < -0.3 is 14.3 Å². The molecular formula is C22H26N4O2S2. The van der Waals surface area contributed by atoms with Crippen molar-refractivity contribution in [2.75, 3.05) is 19.7 Å². The van der Waals surface area contributed by atoms with E-state index in [0.29, 0.717) is 5.92 Å². The monoisotopic (exact) mass is 442 g/mol. The van der Waals surface area contributed by atoms with E-state index in [1.807, 2.05) is 35.5 Å². The fourth-order valence-corrected chi connectivity index (χ4v) is 5.12. The summed E-state index contributed by atoms with van der Waals surface area (Å²) in [4.78, 5) is 25.3. The minimum absolute atomic E-state index is 0.00280. The molecule has 1 amide bonds. The molecule has 158 valence electrons. The maximum Gasteiger partial charge on any atom is 0.263 e. The molecule has 0 aromatic carbocycles. The lowest BCUT2D eigenvalue weighted by Gasteiger charge is -2.31. The van der Waals surface area contributed by atoms with Crippen LogP contribution in [0.25, 0.3) is 0 Å². The lowest BCUT2D eigenvalue weighted by Crippen LogP contribution is -2.40. The van der Waals surface area contributed by atoms with Gasteiger partial charge in [0.2, 0.25) is 0 Å². The van der Waals surface area contributed by atoms with Crippen molar-refractivity contribution >= 4 is 34.3 Å². The Labute approximate surface area is 184 Å². The molecule has 0 unspecified atom stereocenters. The van der Waals surface area contributed by atoms with Crippen LogP contribution < -0.4 is 0 Å². The summed E-state index contributed by atoms with van der Waals surface area (Å²) in [6.45, 7) is 4.29. The Balaban J connectivity index is 1.24. The lowest BCUT2D eigenvalue weighted by molar-refractivity contribution is -0.137. The van der Waals surface area contributed by atoms with E-state index >= 15 is 0 Å². The first-order valence-electron chi connectivity index (χ1n) is 10.2. The number of hydrogen-bond acceptors (Lipinski definition) is 6. The zero-order valence-corrected chi connectivity index (χ0v) is 18.7. The van der Waals surface area contributed by atoms with E-state index in [2.05, 4.69) is 37.7 Å². The second-order valence-corrected chi connectivity index (χ2v) is 9.17. The fourth-order valence-electron chi connectivity index (χ4n) is 3.75. The summed E-state index contributed by atoms with van der Waals surface area (Å²) >= 11 is 3.35. The number of hydrogen-bond donors (Lipinski definition) is 0. The second kappa shape index (κ2) is 10.0. The number of imidazole rings is 1. The third kappa shape index (κ3) is 5.17. The number of oxime groups is 1. The molecule has 0 N–H and O–H groups in total. The minimum Gasteiger partial charge on any atom is -0.385 e. The molecule has 30 heavy (non-hydrogen) atoms. The van der Waals surface area contributed by atoms with E-state index in [1.54, 1.807) is 22.7 Å². The highest BCUT2D eigenvalue weighted by Crippen LogP contribution is 2.27. The molecule has 0 atom stereocenters. The van der Waals surface area contributed by atoms with E-state index in [-0.39, 0.29) is 12.5 Å². The van der Waals surface area contributed by atoms with Crippen molar-refractivity contribution in [2.45, 2.75) is 38.6 Å². The molecule has 4 rings (SSSR count). The summed E-state index contributed by atoms with van der Waals surface area (Å²) < 4.78 is 2.27. The normalized spacial score (nSPS) is 15.5. The van der Waals surface area contributed by atoms with Gasteiger partial charge in [-0.2, -0.15) is 11.3 Å². The summed E-state index contributed by atoms with van der Waals surface area (Å²) in [6.07, 6.45) is 6.84. The van der Waals surface area contributed by atoms with Crippen LogP contribution in [-0.4, -0.2) is 45.8 Å². The predicted molar refractivity (Wildman–Crippen MR) is 121 cm³/mol. The van der Waals surface area contributed by atoms with Crippen LogP contribution in [0.3, 0.4) is 0 Å². The van der Waals surface area contributed by atoms with E-state index in [0.717, 1.165) is 55.3 Å². The maximum atomic E-state index is 12.5. The highest BCUT2D eigenvalue weighted by molar-refractivity contribution is 7.12. The molecule has 0 radical (unpaired) electrons. The van der Waals surface area contributed by atoms with Gasteiger partial charge in [-0.1, -0.05) is 11.2 Å². The number of amides is 1. The molecule has 1 saturated heterocycles. The zero-order valence-electron chi connectivity index (χ0n) is 17.1. The Morgan fingerprint density at radius 2 is 2.17 bits per heavy atom. The first kappa shape index (κ1) is 20.8. The quantitative estimate of drug-likeness (QED) is 0.384. The number of piperidine rings is 1. The summed E-state index contributed by atoms with van der Waals surface area (Å²) in [5.74, 6) is 1.54. The Bertz CT molecular complexity index is 955. The van der Waals surface area contributed by atoms with E-state index in [1.165, 1.54) is 5.56 Å². The first-order valence-corrected chi connectivity index (χ1v) is 12.0. The Morgan fingerprint density at radius 1 is 1.30 bits per heavy atom. The average molecular weight is 443 g/mol. The largest absolute Gasteiger partial charge is 0.385 e. The molecule has 1 fully saturated rings. The third-order valence-corrected chi connectivity index (χ3v) is 7.16. The zero-order chi connectivity index (χ0) is 20.8. The maximum absolute atomic E-state index is 12.5. The van der Waals surface area contributed by atoms with Crippen LogP contribution in [0.1, 0.15) is 41.9 Å². The molecule has 3 aromatic heterocycles. The van der Waals surface area contributed by atoms with Crippen LogP contribution in [0.5, 0.6) is 0 Å². The van der Waals surface area contributed by atoms with Gasteiger partial charge in [-0.3, -0.25) is 4.79 Å². The number of aromatic nitrogens is 2. The number of rotatable bonds is 8. The summed E-state index contributed by atoms with van der Waals surface area (Å²) in [5.41, 5.74) is 2.17. The smallest absolute Gasteiger partial charge is 0.263 e. The number of thiophene rings is 2. The molecule has 1 aliphatic rings. The Kier molecular flexibility index (Phi) is 6.96. The van der Waals surface area contributed by atoms with Crippen LogP contribution >= 0.6 is 22.7 Å². The van der Waals surface area contributed by atoms with E-state index in [4.69, 9.17) is 4.84 Å². The van der Waals surface area contributed by atoms with Gasteiger partial charge in [0.25, 0.3) is 5.91 Å². The van der Waals surface area contributed by atoms with Crippen LogP contribution in [0.15, 0.2) is 51.9 Å². The van der Waals surface area contributed by atoms with Crippen LogP contribution in [-0.2, 0) is 22.6 Å². The first-order chi connectivity index (χ1) is 14.7. The number of nitrogens with zero attached hydrogens (tertiary/aromatic N) is 4. The van der Waals surface area contributed by atoms with Gasteiger partial charge >= 0.3 is 0 Å². The van der Waals surface area contributed by atoms with Crippen LogP contribution in [0, 0.1) is 0 Å². The molecule has 0 saturated carbocycles. The van der Waals surface area contributed by atoms with Crippen LogP contribution in [0.4, 0.5) is 0 Å². The van der Waals surface area contributed by atoms with Gasteiger partial charge in [-0.05, 0) is 60.0 Å². The highest BCUT2D eigenvalue weighted by Gasteiger charge is 2.26. The van der Waals surface area contributed by atoms with Crippen molar-refractivity contribution in [1.82, 2.24) is 14.5 Å². The molecule has 0 spiro atoms. The van der Waals surface area contributed by atoms with E-state index < -0.39 is 0 Å². The van der Waals surface area contributed by atoms with Crippen molar-refractivity contribution in [2.24, 2.45) is 5.16 Å². The number of carbonyl (C=O) groups excluding carboxylic acids is 1. The van der Waals surface area contributed by atoms with Gasteiger partial charge in [-0.15, -0.1) is 11.3 Å². The highest BCUT2D eigenvalue weighted by atomic mass is 32.1. The van der Waals surface area contributed by atoms with Gasteiger partial charge in [-0.25, -0.2) is 4.98 Å². The lowest BCUT2D eigenvalue weighted by atomic mass is 9.95. The van der Waals surface area contributed by atoms with Crippen molar-refractivity contribution in [1.29, 1.82) is 0 Å². The minimum atomic E-state index is -0.0113. The SMILES string of the molecule is CC(=NOCC(=O)N1CCC(c2nccn2CCc2ccsc2)CC1)c1cccs1. The fraction of sp³-hybridized carbons (Fsp3) is 0.409. The second-order valence-electron chi connectivity index (χ2n) is 7.44. The van der Waals surface area contributed by atoms with E-state index in [9.17, 15) is 4.79 Å². The molecule has 3 aromatic rings. The van der Waals surface area contributed by atoms with Gasteiger partial charge in [0.1, 0.15) is 5.82 Å². The average Bonchev–Trinajstić information content (AvgIpc) is 3.55. The van der Waals surface area contributed by atoms with Gasteiger partial charge in [0.15, 0.2) is 6.61 Å². The molecule has 4 heterocycles. The van der Waals surface area contributed by atoms with Crippen molar-refractivity contribution in [3.05, 3.63) is 63.0 Å². The Hall–Kier alpha value is -2.45.